The molecule has 0 aliphatic heterocycles. The first kappa shape index (κ1) is 10.1. The van der Waals surface area contributed by atoms with Crippen LogP contribution in [-0.2, 0) is 0 Å². The zero-order valence-corrected chi connectivity index (χ0v) is 10.0. The highest BCUT2D eigenvalue weighted by Crippen LogP contribution is 2.41. The van der Waals surface area contributed by atoms with E-state index in [4.69, 9.17) is 11.6 Å². The minimum atomic E-state index is 0.201. The van der Waals surface area contributed by atoms with Crippen LogP contribution in [0.1, 0.15) is 33.1 Å². The zero-order chi connectivity index (χ0) is 11.1. The van der Waals surface area contributed by atoms with Gasteiger partial charge in [0, 0.05) is 17.4 Å². The lowest BCUT2D eigenvalue weighted by atomic mass is 9.94. The minimum Gasteiger partial charge on any atom is -0.293 e. The van der Waals surface area contributed by atoms with Crippen LogP contribution in [0.25, 0.3) is 0 Å². The van der Waals surface area contributed by atoms with E-state index in [1.165, 1.54) is 0 Å². The second kappa shape index (κ2) is 3.72. The monoisotopic (exact) mass is 248 g/mol. The van der Waals surface area contributed by atoms with E-state index in [1.807, 2.05) is 29.6 Å². The van der Waals surface area contributed by atoms with Crippen molar-refractivity contribution in [3.8, 4) is 0 Å². The maximum atomic E-state index is 11.8. The van der Waals surface area contributed by atoms with Gasteiger partial charge < -0.3 is 0 Å². The second-order valence-corrected chi connectivity index (χ2v) is 5.29. The third-order valence-corrected chi connectivity index (χ3v) is 4.17. The Morgan fingerprint density at radius 3 is 3.00 bits per heavy atom. The summed E-state index contributed by atoms with van der Waals surface area (Å²) in [7, 11) is 0. The highest BCUT2D eigenvalue weighted by molar-refractivity contribution is 7.12. The predicted octanol–water partition coefficient (Wildman–Crippen LogP) is 4.12. The summed E-state index contributed by atoms with van der Waals surface area (Å²) in [5.41, 5.74) is 2.30. The number of benzene rings is 1. The van der Waals surface area contributed by atoms with Crippen LogP contribution in [0.5, 0.6) is 0 Å². The molecule has 1 heterocycles. The molecule has 2 aromatic rings. The van der Waals surface area contributed by atoms with E-state index < -0.39 is 0 Å². The van der Waals surface area contributed by atoms with Gasteiger partial charge in [0.2, 0.25) is 0 Å². The Morgan fingerprint density at radius 1 is 1.31 bits per heavy atom. The van der Waals surface area contributed by atoms with Crippen LogP contribution in [0.15, 0.2) is 35.7 Å². The summed E-state index contributed by atoms with van der Waals surface area (Å²) in [5, 5.41) is 2.72. The molecule has 1 aliphatic carbocycles. The second-order valence-electron chi connectivity index (χ2n) is 3.94. The molecule has 0 fully saturated rings. The van der Waals surface area contributed by atoms with Gasteiger partial charge in [-0.25, -0.2) is 0 Å². The van der Waals surface area contributed by atoms with Crippen LogP contribution < -0.4 is 0 Å². The van der Waals surface area contributed by atoms with Crippen molar-refractivity contribution >= 4 is 28.7 Å². The third-order valence-electron chi connectivity index (χ3n) is 2.96. The molecule has 80 valence electrons. The smallest absolute Gasteiger partial charge is 0.174 e. The Bertz CT molecular complexity index is 559. The van der Waals surface area contributed by atoms with Crippen molar-refractivity contribution < 1.29 is 4.79 Å². The Morgan fingerprint density at radius 2 is 2.19 bits per heavy atom. The summed E-state index contributed by atoms with van der Waals surface area (Å²) >= 11 is 7.52. The molecule has 1 aromatic carbocycles. The lowest BCUT2D eigenvalue weighted by Gasteiger charge is -2.09. The maximum Gasteiger partial charge on any atom is 0.174 e. The van der Waals surface area contributed by atoms with Gasteiger partial charge >= 0.3 is 0 Å². The van der Waals surface area contributed by atoms with Gasteiger partial charge in [-0.15, -0.1) is 11.3 Å². The zero-order valence-electron chi connectivity index (χ0n) is 8.44. The van der Waals surface area contributed by atoms with Crippen molar-refractivity contribution in [2.75, 3.05) is 0 Å². The normalized spacial score (nSPS) is 18.8. The summed E-state index contributed by atoms with van der Waals surface area (Å²) in [6.07, 6.45) is 0.586. The number of carbonyl (C=O) groups excluding carboxylic acids is 1. The molecular weight excluding hydrogens is 240 g/mol. The molecule has 0 bridgehead atoms. The van der Waals surface area contributed by atoms with Gasteiger partial charge in [-0.3, -0.25) is 4.79 Å². The minimum absolute atomic E-state index is 0.201. The molecule has 1 unspecified atom stereocenters. The van der Waals surface area contributed by atoms with Crippen molar-refractivity contribution in [2.45, 2.75) is 12.3 Å². The van der Waals surface area contributed by atoms with Crippen molar-refractivity contribution in [1.29, 1.82) is 0 Å². The molecule has 0 N–H and O–H groups in total. The molecular formula is C13H9ClOS. The number of rotatable bonds is 1. The molecule has 3 heteroatoms. The van der Waals surface area contributed by atoms with Gasteiger partial charge in [0.25, 0.3) is 0 Å². The van der Waals surface area contributed by atoms with Gasteiger partial charge in [0.15, 0.2) is 5.78 Å². The topological polar surface area (TPSA) is 17.1 Å². The lowest BCUT2D eigenvalue weighted by Crippen LogP contribution is -1.96. The quantitative estimate of drug-likeness (QED) is 0.742. The van der Waals surface area contributed by atoms with Gasteiger partial charge in [-0.1, -0.05) is 23.7 Å². The van der Waals surface area contributed by atoms with Gasteiger partial charge in [0.1, 0.15) is 0 Å². The number of fused-ring (bicyclic) bond motifs is 1. The van der Waals surface area contributed by atoms with Crippen LogP contribution in [0.2, 0.25) is 5.02 Å². The molecule has 1 aliphatic rings. The number of hydrogen-bond acceptors (Lipinski definition) is 2. The molecule has 0 saturated heterocycles. The number of hydrogen-bond donors (Lipinski definition) is 0. The van der Waals surface area contributed by atoms with E-state index in [0.717, 1.165) is 21.0 Å². The number of ketones is 1. The highest BCUT2D eigenvalue weighted by atomic mass is 35.5. The van der Waals surface area contributed by atoms with E-state index in [0.29, 0.717) is 6.42 Å². The average molecular weight is 249 g/mol. The molecule has 1 nitrogen and oxygen atoms in total. The van der Waals surface area contributed by atoms with Crippen LogP contribution in [0.4, 0.5) is 0 Å². The molecule has 1 atom stereocenters. The van der Waals surface area contributed by atoms with Crippen molar-refractivity contribution in [3.63, 3.8) is 0 Å². The maximum absolute atomic E-state index is 11.8. The largest absolute Gasteiger partial charge is 0.293 e. The lowest BCUT2D eigenvalue weighted by molar-refractivity contribution is 0.0994. The average Bonchev–Trinajstić information content (AvgIpc) is 2.83. The first-order valence-corrected chi connectivity index (χ1v) is 6.37. The van der Waals surface area contributed by atoms with E-state index in [2.05, 4.69) is 6.07 Å². The first-order chi connectivity index (χ1) is 7.75. The summed E-state index contributed by atoms with van der Waals surface area (Å²) in [6, 6.07) is 9.84. The summed E-state index contributed by atoms with van der Waals surface area (Å²) < 4.78 is 0. The summed E-state index contributed by atoms with van der Waals surface area (Å²) in [4.78, 5) is 12.7. The Hall–Kier alpha value is -1.12. The molecule has 0 radical (unpaired) electrons. The number of thiophene rings is 1. The number of Topliss-reactive ketones (excluding diaryl/α,β-unsaturated/α-hetero) is 1. The van der Waals surface area contributed by atoms with Crippen molar-refractivity contribution in [3.05, 3.63) is 56.7 Å². The van der Waals surface area contributed by atoms with Gasteiger partial charge in [-0.2, -0.15) is 0 Å². The number of carbonyl (C=O) groups is 1. The molecule has 1 aromatic heterocycles. The predicted molar refractivity (Wildman–Crippen MR) is 66.6 cm³/mol. The molecule has 3 rings (SSSR count). The standard InChI is InChI=1S/C13H9ClOS/c14-9-3-1-2-8(6-9)11-7-12(15)13-10(11)4-5-16-13/h1-6,11H,7H2. The van der Waals surface area contributed by atoms with Crippen LogP contribution in [0, 0.1) is 0 Å². The molecule has 0 amide bonds. The first-order valence-electron chi connectivity index (χ1n) is 5.12. The van der Waals surface area contributed by atoms with Crippen LogP contribution in [-0.4, -0.2) is 5.78 Å². The number of halogens is 1. The Labute approximate surface area is 103 Å². The fourth-order valence-corrected chi connectivity index (χ4v) is 3.34. The molecule has 0 saturated carbocycles. The van der Waals surface area contributed by atoms with Gasteiger partial charge in [-0.05, 0) is 34.7 Å². The molecule has 16 heavy (non-hydrogen) atoms. The fourth-order valence-electron chi connectivity index (χ4n) is 2.23. The fraction of sp³-hybridized carbons (Fsp3) is 0.154. The Balaban J connectivity index is 2.08. The molecule has 0 spiro atoms. The van der Waals surface area contributed by atoms with E-state index in [1.54, 1.807) is 11.3 Å². The Kier molecular flexibility index (Phi) is 2.34. The van der Waals surface area contributed by atoms with Crippen molar-refractivity contribution in [2.24, 2.45) is 0 Å². The van der Waals surface area contributed by atoms with Gasteiger partial charge in [0.05, 0.1) is 4.88 Å². The summed E-state index contributed by atoms with van der Waals surface area (Å²) in [5.74, 6) is 0.461. The van der Waals surface area contributed by atoms with E-state index in [9.17, 15) is 4.79 Å². The summed E-state index contributed by atoms with van der Waals surface area (Å²) in [6.45, 7) is 0. The van der Waals surface area contributed by atoms with Crippen molar-refractivity contribution in [1.82, 2.24) is 0 Å². The SMILES string of the molecule is O=C1CC(c2cccc(Cl)c2)c2ccsc21. The van der Waals surface area contributed by atoms with Crippen LogP contribution >= 0.6 is 22.9 Å². The van der Waals surface area contributed by atoms with Crippen LogP contribution in [0.3, 0.4) is 0 Å². The van der Waals surface area contributed by atoms with E-state index >= 15 is 0 Å². The third kappa shape index (κ3) is 1.49. The van der Waals surface area contributed by atoms with E-state index in [-0.39, 0.29) is 11.7 Å². The highest BCUT2D eigenvalue weighted by Gasteiger charge is 2.31.